The van der Waals surface area contributed by atoms with Crippen LogP contribution in [0.3, 0.4) is 0 Å². The summed E-state index contributed by atoms with van der Waals surface area (Å²) in [5, 5.41) is 25.9. The second kappa shape index (κ2) is 13.5. The minimum Gasteiger partial charge on any atom is -0.873 e. The maximum absolute atomic E-state index is 11.8. The molecular weight excluding hydrogens is 623 g/mol. The number of aliphatic imine (C=N–C) groups is 2. The van der Waals surface area contributed by atoms with E-state index in [2.05, 4.69) is 100 Å². The molecule has 5 aromatic rings. The topological polar surface area (TPSA) is 70.8 Å². The van der Waals surface area contributed by atoms with Gasteiger partial charge in [0.05, 0.1) is 22.8 Å². The van der Waals surface area contributed by atoms with Crippen molar-refractivity contribution in [3.05, 3.63) is 129 Å². The van der Waals surface area contributed by atoms with Gasteiger partial charge in [0.1, 0.15) is 0 Å². The van der Waals surface area contributed by atoms with Gasteiger partial charge in [-0.3, -0.25) is 0 Å². The van der Waals surface area contributed by atoms with E-state index >= 15 is 0 Å². The maximum Gasteiger partial charge on any atom is 2.00 e. The number of hydrogen-bond acceptors (Lipinski definition) is 4. The van der Waals surface area contributed by atoms with Crippen LogP contribution in [-0.4, -0.2) is 11.4 Å². The summed E-state index contributed by atoms with van der Waals surface area (Å²) in [6.45, 7) is 20.5. The summed E-state index contributed by atoms with van der Waals surface area (Å²) in [6, 6.07) is 28.9. The van der Waals surface area contributed by atoms with E-state index in [0.29, 0.717) is 5.56 Å². The quantitative estimate of drug-likeness (QED) is 0.176. The molecule has 0 unspecified atom stereocenters. The molecule has 0 saturated heterocycles. The van der Waals surface area contributed by atoms with Gasteiger partial charge in [-0.15, -0.1) is 11.5 Å². The van der Waals surface area contributed by atoms with Gasteiger partial charge in [0.15, 0.2) is 0 Å². The van der Waals surface area contributed by atoms with Crippen molar-refractivity contribution >= 4 is 33.6 Å². The third kappa shape index (κ3) is 7.21. The summed E-state index contributed by atoms with van der Waals surface area (Å²) < 4.78 is 0. The van der Waals surface area contributed by atoms with Crippen LogP contribution in [0.25, 0.3) is 10.8 Å². The predicted molar refractivity (Wildman–Crippen MR) is 191 cm³/mol. The monoisotopic (exact) mass is 666 g/mol. The Morgan fingerprint density at radius 1 is 0.532 bits per heavy atom. The second-order valence-electron chi connectivity index (χ2n) is 14.5. The van der Waals surface area contributed by atoms with Crippen molar-refractivity contribution in [1.82, 2.24) is 0 Å². The summed E-state index contributed by atoms with van der Waals surface area (Å²) in [5.74, 6) is -0.752. The molecule has 5 heteroatoms. The molecule has 0 aromatic heterocycles. The van der Waals surface area contributed by atoms with Crippen LogP contribution in [0.2, 0.25) is 0 Å². The number of hydrogen-bond donors (Lipinski definition) is 0. The molecule has 6 rings (SSSR count). The molecule has 4 nitrogen and oxygen atoms in total. The molecule has 1 aliphatic carbocycles. The Bertz CT molecular complexity index is 1880. The molecule has 0 radical (unpaired) electrons. The van der Waals surface area contributed by atoms with Gasteiger partial charge in [-0.05, 0) is 71.7 Å². The Morgan fingerprint density at radius 3 is 1.32 bits per heavy atom. The summed E-state index contributed by atoms with van der Waals surface area (Å²) >= 11 is 0. The Kier molecular flexibility index (Phi) is 10.2. The third-order valence-electron chi connectivity index (χ3n) is 8.69. The molecule has 0 N–H and O–H groups in total. The van der Waals surface area contributed by atoms with E-state index in [1.54, 1.807) is 0 Å². The van der Waals surface area contributed by atoms with Gasteiger partial charge in [-0.2, -0.15) is 0 Å². The molecule has 1 aliphatic rings. The van der Waals surface area contributed by atoms with Crippen molar-refractivity contribution in [3.63, 3.8) is 0 Å². The van der Waals surface area contributed by atoms with Gasteiger partial charge < -0.3 is 10.2 Å². The molecule has 47 heavy (non-hydrogen) atoms. The smallest absolute Gasteiger partial charge is 0.873 e. The molecule has 5 aromatic carbocycles. The van der Waals surface area contributed by atoms with Crippen LogP contribution >= 0.6 is 0 Å². The fourth-order valence-corrected chi connectivity index (χ4v) is 6.00. The van der Waals surface area contributed by atoms with Gasteiger partial charge in [-0.1, -0.05) is 132 Å². The SMILES string of the molecule is CC(C)(C)c1cc([O-])c([O-])c(C(C)(C)C)c1.Cc1cccc(C)c1/N=C1\C(=N\c2c(C)cccc2C)c2cccc3cccc1c23.[Ni+2]. The minimum atomic E-state index is -0.391. The van der Waals surface area contributed by atoms with Crippen molar-refractivity contribution in [1.29, 1.82) is 0 Å². The number of nitrogens with zero attached hydrogens (tertiary/aromatic N) is 2. The second-order valence-corrected chi connectivity index (χ2v) is 14.5. The van der Waals surface area contributed by atoms with Gasteiger partial charge >= 0.3 is 16.5 Å². The van der Waals surface area contributed by atoms with Gasteiger partial charge in [0.25, 0.3) is 0 Å². The summed E-state index contributed by atoms with van der Waals surface area (Å²) in [4.78, 5) is 10.4. The summed E-state index contributed by atoms with van der Waals surface area (Å²) in [6.07, 6.45) is 0. The van der Waals surface area contributed by atoms with Crippen LogP contribution in [0.1, 0.15) is 86.1 Å². The zero-order valence-corrected chi connectivity index (χ0v) is 30.1. The first-order valence-corrected chi connectivity index (χ1v) is 15.9. The van der Waals surface area contributed by atoms with E-state index in [0.717, 1.165) is 39.5 Å². The van der Waals surface area contributed by atoms with Gasteiger partial charge in [0, 0.05) is 16.5 Å². The Labute approximate surface area is 290 Å². The molecule has 0 aliphatic heterocycles. The zero-order chi connectivity index (χ0) is 33.6. The van der Waals surface area contributed by atoms with Crippen molar-refractivity contribution in [2.75, 3.05) is 0 Å². The van der Waals surface area contributed by atoms with Crippen LogP contribution in [0.15, 0.2) is 94.9 Å². The van der Waals surface area contributed by atoms with Gasteiger partial charge in [-0.25, -0.2) is 9.98 Å². The van der Waals surface area contributed by atoms with E-state index in [1.807, 2.05) is 47.6 Å². The number of rotatable bonds is 2. The summed E-state index contributed by atoms with van der Waals surface area (Å²) in [7, 11) is 0. The standard InChI is InChI=1S/C28H24N2.C14H22O2.Ni/c1-17-9-5-10-18(2)25(17)29-27-22-15-7-13-21-14-8-16-23(24(21)22)28(27)30-26-19(3)11-6-12-20(26)4;1-13(2,3)9-7-10(14(4,5)6)12(16)11(15)8-9;/h5-16H,1-4H3;7-8,15-16H,1-6H3;/q;;+2/p-2/b29-27-,30-28+;;. The maximum atomic E-state index is 11.8. The number of aryl methyl sites for hydroxylation is 4. The number of para-hydroxylation sites is 2. The van der Waals surface area contributed by atoms with Crippen LogP contribution in [-0.2, 0) is 27.3 Å². The first kappa shape index (κ1) is 35.6. The Hall–Kier alpha value is -4.21. The van der Waals surface area contributed by atoms with E-state index in [9.17, 15) is 10.2 Å². The fraction of sp³-hybridized carbons (Fsp3) is 0.286. The number of benzene rings is 5. The van der Waals surface area contributed by atoms with E-state index in [4.69, 9.17) is 9.98 Å². The molecule has 0 saturated carbocycles. The molecule has 0 bridgehead atoms. The van der Waals surface area contributed by atoms with E-state index < -0.39 is 5.75 Å². The first-order valence-electron chi connectivity index (χ1n) is 15.9. The van der Waals surface area contributed by atoms with Crippen LogP contribution in [0, 0.1) is 27.7 Å². The Morgan fingerprint density at radius 2 is 0.936 bits per heavy atom. The van der Waals surface area contributed by atoms with Crippen molar-refractivity contribution < 1.29 is 26.7 Å². The molecule has 0 atom stereocenters. The minimum absolute atomic E-state index is 0. The first-order chi connectivity index (χ1) is 21.6. The fourth-order valence-electron chi connectivity index (χ4n) is 6.00. The van der Waals surface area contributed by atoms with Gasteiger partial charge in [0.2, 0.25) is 0 Å². The average Bonchev–Trinajstić information content (AvgIpc) is 3.27. The summed E-state index contributed by atoms with van der Waals surface area (Å²) in [5.41, 5.74) is 12.2. The predicted octanol–water partition coefficient (Wildman–Crippen LogP) is 9.75. The van der Waals surface area contributed by atoms with Crippen LogP contribution in [0.4, 0.5) is 11.4 Å². The van der Waals surface area contributed by atoms with Crippen molar-refractivity contribution in [2.45, 2.75) is 80.1 Å². The van der Waals surface area contributed by atoms with Crippen molar-refractivity contribution in [2.24, 2.45) is 9.98 Å². The van der Waals surface area contributed by atoms with E-state index in [1.165, 1.54) is 39.1 Å². The average molecular weight is 668 g/mol. The molecule has 0 fully saturated rings. The zero-order valence-electron chi connectivity index (χ0n) is 29.1. The van der Waals surface area contributed by atoms with Crippen LogP contribution in [0.5, 0.6) is 11.5 Å². The molecular formula is C42H44N2NiO2. The van der Waals surface area contributed by atoms with E-state index in [-0.39, 0.29) is 33.1 Å². The molecule has 244 valence electrons. The largest absolute Gasteiger partial charge is 2.00 e. The normalized spacial score (nSPS) is 14.3. The Balaban J connectivity index is 0.000000252. The third-order valence-corrected chi connectivity index (χ3v) is 8.69. The molecule has 0 heterocycles. The van der Waals surface area contributed by atoms with Crippen LogP contribution < -0.4 is 10.2 Å². The molecule has 0 spiro atoms. The van der Waals surface area contributed by atoms with Crippen molar-refractivity contribution in [3.8, 4) is 11.5 Å². The molecule has 0 amide bonds.